The summed E-state index contributed by atoms with van der Waals surface area (Å²) in [6, 6.07) is 3.91. The highest BCUT2D eigenvalue weighted by Crippen LogP contribution is 2.39. The van der Waals surface area contributed by atoms with Gasteiger partial charge in [-0.3, -0.25) is 5.32 Å². The number of hydrogen-bond donors (Lipinski definition) is 3. The fraction of sp³-hybridized carbons (Fsp3) is 0.455. The zero-order chi connectivity index (χ0) is 22.0. The lowest BCUT2D eigenvalue weighted by Gasteiger charge is -2.29. The van der Waals surface area contributed by atoms with Crippen molar-refractivity contribution in [1.29, 1.82) is 0 Å². The number of aliphatic hydroxyl groups is 1. The molecule has 0 saturated carbocycles. The van der Waals surface area contributed by atoms with Crippen molar-refractivity contribution in [3.63, 3.8) is 0 Å². The molecule has 0 spiro atoms. The topological polar surface area (TPSA) is 103 Å². The Morgan fingerprint density at radius 2 is 1.87 bits per heavy atom. The molecule has 2 amide bonds. The third-order valence-electron chi connectivity index (χ3n) is 5.26. The number of hydrogen-bond acceptors (Lipinski definition) is 7. The molecule has 0 radical (unpaired) electrons. The van der Waals surface area contributed by atoms with E-state index in [4.69, 9.17) is 0 Å². The molecule has 0 aliphatic carbocycles. The molecule has 8 nitrogen and oxygen atoms in total. The van der Waals surface area contributed by atoms with Gasteiger partial charge >= 0.3 is 6.03 Å². The molecule has 0 bridgehead atoms. The average molecular weight is 441 g/mol. The summed E-state index contributed by atoms with van der Waals surface area (Å²) >= 11 is 1.49. The van der Waals surface area contributed by atoms with Gasteiger partial charge in [0.05, 0.1) is 15.9 Å². The molecule has 3 heterocycles. The zero-order valence-electron chi connectivity index (χ0n) is 18.1. The van der Waals surface area contributed by atoms with Crippen LogP contribution in [0.1, 0.15) is 45.9 Å². The van der Waals surface area contributed by atoms with E-state index in [2.05, 4.69) is 36.6 Å². The quantitative estimate of drug-likeness (QED) is 0.552. The summed E-state index contributed by atoms with van der Waals surface area (Å²) in [6.07, 6.45) is 7.05. The Balaban J connectivity index is 1.76. The monoisotopic (exact) mass is 440 g/mol. The van der Waals surface area contributed by atoms with Crippen LogP contribution in [0.3, 0.4) is 0 Å². The first-order chi connectivity index (χ1) is 14.8. The maximum Gasteiger partial charge on any atom is 0.321 e. The van der Waals surface area contributed by atoms with Crippen LogP contribution in [-0.4, -0.2) is 45.7 Å². The Bertz CT molecular complexity index is 1070. The Morgan fingerprint density at radius 1 is 1.16 bits per heavy atom. The first-order valence-electron chi connectivity index (χ1n) is 10.6. The normalized spacial score (nSPS) is 14.6. The summed E-state index contributed by atoms with van der Waals surface area (Å²) in [4.78, 5) is 27.8. The lowest BCUT2D eigenvalue weighted by Crippen LogP contribution is -2.29. The molecule has 1 aliphatic heterocycles. The second-order valence-corrected chi connectivity index (χ2v) is 9.25. The van der Waals surface area contributed by atoms with E-state index in [1.165, 1.54) is 17.8 Å². The van der Waals surface area contributed by atoms with Crippen molar-refractivity contribution >= 4 is 38.4 Å². The number of nitrogens with zero attached hydrogens (tertiary/aromatic N) is 4. The molecule has 3 aromatic rings. The minimum Gasteiger partial charge on any atom is -0.382 e. The third-order valence-corrected chi connectivity index (χ3v) is 6.27. The predicted molar refractivity (Wildman–Crippen MR) is 125 cm³/mol. The summed E-state index contributed by atoms with van der Waals surface area (Å²) in [7, 11) is 0. The molecule has 1 fully saturated rings. The van der Waals surface area contributed by atoms with E-state index in [-0.39, 0.29) is 6.03 Å². The first kappa shape index (κ1) is 21.5. The predicted octanol–water partition coefficient (Wildman–Crippen LogP) is 4.11. The van der Waals surface area contributed by atoms with Gasteiger partial charge in [0.25, 0.3) is 0 Å². The van der Waals surface area contributed by atoms with Crippen LogP contribution in [-0.2, 0) is 5.60 Å². The van der Waals surface area contributed by atoms with Gasteiger partial charge in [0.15, 0.2) is 11.0 Å². The molecule has 0 unspecified atom stereocenters. The molecule has 9 heteroatoms. The molecular weight excluding hydrogens is 412 g/mol. The van der Waals surface area contributed by atoms with E-state index in [9.17, 15) is 9.90 Å². The first-order valence-corrected chi connectivity index (χ1v) is 11.5. The minimum absolute atomic E-state index is 0.253. The number of fused-ring (bicyclic) bond motifs is 1. The van der Waals surface area contributed by atoms with Gasteiger partial charge in [0.2, 0.25) is 0 Å². The fourth-order valence-electron chi connectivity index (χ4n) is 3.70. The molecule has 0 atom stereocenters. The van der Waals surface area contributed by atoms with E-state index in [0.717, 1.165) is 53.0 Å². The van der Waals surface area contributed by atoms with Gasteiger partial charge in [-0.15, -0.1) is 0 Å². The number of carbonyl (C=O) groups excluding carboxylic acids is 1. The zero-order valence-corrected chi connectivity index (χ0v) is 18.9. The maximum atomic E-state index is 12.0. The Kier molecular flexibility index (Phi) is 6.06. The second-order valence-electron chi connectivity index (χ2n) is 8.25. The molecule has 2 aromatic heterocycles. The number of piperidine rings is 1. The molecule has 1 aliphatic rings. The van der Waals surface area contributed by atoms with Crippen molar-refractivity contribution in [2.24, 2.45) is 0 Å². The van der Waals surface area contributed by atoms with E-state index < -0.39 is 5.60 Å². The second kappa shape index (κ2) is 8.76. The van der Waals surface area contributed by atoms with Crippen molar-refractivity contribution in [1.82, 2.24) is 20.3 Å². The molecule has 3 N–H and O–H groups in total. The standard InChI is InChI=1S/C22H28N6O2S/c1-4-23-20(29)27-21-26-16-10-14(15-12-24-19(25-13-15)22(2,3)30)11-17(18(16)31-21)28-8-6-5-7-9-28/h10-13,30H,4-9H2,1-3H3,(H2,23,26,27,29). The van der Waals surface area contributed by atoms with Gasteiger partial charge in [-0.2, -0.15) is 0 Å². The van der Waals surface area contributed by atoms with Crippen LogP contribution >= 0.6 is 11.3 Å². The van der Waals surface area contributed by atoms with Gasteiger partial charge < -0.3 is 15.3 Å². The van der Waals surface area contributed by atoms with Crippen LogP contribution < -0.4 is 15.5 Å². The Hall–Kier alpha value is -2.78. The smallest absolute Gasteiger partial charge is 0.321 e. The molecule has 31 heavy (non-hydrogen) atoms. The SMILES string of the molecule is CCNC(=O)Nc1nc2cc(-c3cnc(C(C)(C)O)nc3)cc(N3CCCCC3)c2s1. The van der Waals surface area contributed by atoms with E-state index in [0.29, 0.717) is 17.5 Å². The lowest BCUT2D eigenvalue weighted by molar-refractivity contribution is 0.0687. The number of carbonyl (C=O) groups is 1. The van der Waals surface area contributed by atoms with Gasteiger partial charge in [0, 0.05) is 37.6 Å². The van der Waals surface area contributed by atoms with Crippen LogP contribution in [0.25, 0.3) is 21.3 Å². The van der Waals surface area contributed by atoms with Gasteiger partial charge in [0.1, 0.15) is 5.60 Å². The van der Waals surface area contributed by atoms with Crippen LogP contribution in [0.5, 0.6) is 0 Å². The summed E-state index contributed by atoms with van der Waals surface area (Å²) in [5, 5.41) is 16.3. The lowest BCUT2D eigenvalue weighted by atomic mass is 10.0. The van der Waals surface area contributed by atoms with Crippen LogP contribution in [0.4, 0.5) is 15.6 Å². The number of urea groups is 1. The highest BCUT2D eigenvalue weighted by atomic mass is 32.1. The van der Waals surface area contributed by atoms with E-state index >= 15 is 0 Å². The third kappa shape index (κ3) is 4.77. The number of amides is 2. The molecule has 1 saturated heterocycles. The highest BCUT2D eigenvalue weighted by Gasteiger charge is 2.21. The number of benzene rings is 1. The van der Waals surface area contributed by atoms with Gasteiger partial charge in [-0.05, 0) is 57.7 Å². The summed E-state index contributed by atoms with van der Waals surface area (Å²) in [5.41, 5.74) is 2.70. The van der Waals surface area contributed by atoms with E-state index in [1.54, 1.807) is 26.2 Å². The average Bonchev–Trinajstić information content (AvgIpc) is 3.15. The van der Waals surface area contributed by atoms with Crippen molar-refractivity contribution in [2.45, 2.75) is 45.6 Å². The van der Waals surface area contributed by atoms with Crippen LogP contribution in [0.15, 0.2) is 24.5 Å². The molecule has 1 aromatic carbocycles. The van der Waals surface area contributed by atoms with E-state index in [1.807, 2.05) is 13.0 Å². The van der Waals surface area contributed by atoms with Crippen molar-refractivity contribution in [3.05, 3.63) is 30.4 Å². The fourth-order valence-corrected chi connectivity index (χ4v) is 4.68. The molecule has 164 valence electrons. The number of rotatable bonds is 5. The van der Waals surface area contributed by atoms with Crippen molar-refractivity contribution in [3.8, 4) is 11.1 Å². The van der Waals surface area contributed by atoms with Crippen LogP contribution in [0.2, 0.25) is 0 Å². The highest BCUT2D eigenvalue weighted by molar-refractivity contribution is 7.23. The molecule has 4 rings (SSSR count). The van der Waals surface area contributed by atoms with Crippen molar-refractivity contribution < 1.29 is 9.90 Å². The van der Waals surface area contributed by atoms with Crippen molar-refractivity contribution in [2.75, 3.05) is 29.9 Å². The Morgan fingerprint density at radius 3 is 2.52 bits per heavy atom. The number of nitrogens with one attached hydrogen (secondary N) is 2. The Labute approximate surface area is 185 Å². The number of anilines is 2. The maximum absolute atomic E-state index is 12.0. The number of aromatic nitrogens is 3. The molecular formula is C22H28N6O2S. The summed E-state index contributed by atoms with van der Waals surface area (Å²) < 4.78 is 1.06. The minimum atomic E-state index is -1.09. The number of thiazole rings is 1. The largest absolute Gasteiger partial charge is 0.382 e. The summed E-state index contributed by atoms with van der Waals surface area (Å²) in [5.74, 6) is 0.385. The van der Waals surface area contributed by atoms with Crippen LogP contribution in [0, 0.1) is 0 Å². The van der Waals surface area contributed by atoms with Gasteiger partial charge in [-0.1, -0.05) is 11.3 Å². The summed E-state index contributed by atoms with van der Waals surface area (Å²) in [6.45, 7) is 7.78. The van der Waals surface area contributed by atoms with Gasteiger partial charge in [-0.25, -0.2) is 19.7 Å².